The minimum Gasteiger partial charge on any atom is -0.493 e. The number of aryl methyl sites for hydroxylation is 1. The Kier molecular flexibility index (Phi) is 6.21. The zero-order valence-electron chi connectivity index (χ0n) is 14.5. The van der Waals surface area contributed by atoms with E-state index in [1.807, 2.05) is 43.3 Å². The van der Waals surface area contributed by atoms with E-state index in [0.717, 1.165) is 11.1 Å². The van der Waals surface area contributed by atoms with E-state index in [0.29, 0.717) is 23.8 Å². The van der Waals surface area contributed by atoms with Gasteiger partial charge in [-0.3, -0.25) is 4.79 Å². The lowest BCUT2D eigenvalue weighted by Crippen LogP contribution is -2.28. The van der Waals surface area contributed by atoms with Crippen molar-refractivity contribution in [2.24, 2.45) is 0 Å². The summed E-state index contributed by atoms with van der Waals surface area (Å²) in [5.41, 5.74) is 2.59. The third-order valence-electron chi connectivity index (χ3n) is 3.70. The van der Waals surface area contributed by atoms with Crippen LogP contribution in [-0.2, 0) is 16.1 Å². The molecule has 5 heteroatoms. The van der Waals surface area contributed by atoms with Gasteiger partial charge < -0.3 is 19.5 Å². The van der Waals surface area contributed by atoms with Gasteiger partial charge in [-0.15, -0.1) is 0 Å². The van der Waals surface area contributed by atoms with E-state index < -0.39 is 6.10 Å². The third kappa shape index (κ3) is 4.49. The highest BCUT2D eigenvalue weighted by Crippen LogP contribution is 2.32. The Labute approximate surface area is 142 Å². The smallest absolute Gasteiger partial charge is 0.253 e. The Bertz CT molecular complexity index is 685. The van der Waals surface area contributed by atoms with Gasteiger partial charge in [-0.25, -0.2) is 0 Å². The van der Waals surface area contributed by atoms with Crippen molar-refractivity contribution in [1.29, 1.82) is 0 Å². The number of methoxy groups -OCH3 is 2. The largest absolute Gasteiger partial charge is 0.493 e. The molecule has 0 aliphatic rings. The summed E-state index contributed by atoms with van der Waals surface area (Å²) in [5, 5.41) is 2.87. The number of carbonyl (C=O) groups is 1. The van der Waals surface area contributed by atoms with Crippen LogP contribution < -0.4 is 14.8 Å². The van der Waals surface area contributed by atoms with Gasteiger partial charge in [-0.1, -0.05) is 30.3 Å². The van der Waals surface area contributed by atoms with E-state index >= 15 is 0 Å². The molecule has 0 spiro atoms. The number of nitrogens with one attached hydrogen (secondary N) is 1. The van der Waals surface area contributed by atoms with E-state index in [2.05, 4.69) is 5.32 Å². The molecular weight excluding hydrogens is 306 g/mol. The SMILES string of the molecule is COc1cc(C)c(NC(=O)C(C)OCc2ccccc2)cc1OC. The lowest BCUT2D eigenvalue weighted by Gasteiger charge is -2.16. The van der Waals surface area contributed by atoms with Gasteiger partial charge in [0.1, 0.15) is 6.10 Å². The monoisotopic (exact) mass is 329 g/mol. The molecule has 128 valence electrons. The summed E-state index contributed by atoms with van der Waals surface area (Å²) in [6, 6.07) is 13.3. The number of benzene rings is 2. The van der Waals surface area contributed by atoms with Crippen molar-refractivity contribution in [3.63, 3.8) is 0 Å². The Balaban J connectivity index is 2.00. The van der Waals surface area contributed by atoms with Gasteiger partial charge in [-0.2, -0.15) is 0 Å². The van der Waals surface area contributed by atoms with Gasteiger partial charge in [0.25, 0.3) is 5.91 Å². The van der Waals surface area contributed by atoms with Gasteiger partial charge in [0, 0.05) is 11.8 Å². The van der Waals surface area contributed by atoms with Crippen molar-refractivity contribution in [3.8, 4) is 11.5 Å². The molecule has 1 amide bonds. The summed E-state index contributed by atoms with van der Waals surface area (Å²) in [7, 11) is 3.14. The highest BCUT2D eigenvalue weighted by atomic mass is 16.5. The minimum absolute atomic E-state index is 0.207. The van der Waals surface area contributed by atoms with Crippen LogP contribution in [0.1, 0.15) is 18.1 Å². The molecule has 0 aliphatic heterocycles. The molecule has 2 rings (SSSR count). The average molecular weight is 329 g/mol. The van der Waals surface area contributed by atoms with Crippen LogP contribution in [0.2, 0.25) is 0 Å². The minimum atomic E-state index is -0.572. The summed E-state index contributed by atoms with van der Waals surface area (Å²) in [5.74, 6) is 0.985. The molecule has 24 heavy (non-hydrogen) atoms. The fraction of sp³-hybridized carbons (Fsp3) is 0.316. The predicted molar refractivity (Wildman–Crippen MR) is 93.6 cm³/mol. The average Bonchev–Trinajstić information content (AvgIpc) is 2.61. The van der Waals surface area contributed by atoms with Crippen LogP contribution in [0.4, 0.5) is 5.69 Å². The zero-order valence-corrected chi connectivity index (χ0v) is 14.5. The maximum Gasteiger partial charge on any atom is 0.253 e. The van der Waals surface area contributed by atoms with Crippen molar-refractivity contribution in [2.75, 3.05) is 19.5 Å². The fourth-order valence-electron chi connectivity index (χ4n) is 2.22. The van der Waals surface area contributed by atoms with Crippen molar-refractivity contribution in [2.45, 2.75) is 26.6 Å². The van der Waals surface area contributed by atoms with Gasteiger partial charge in [0.05, 0.1) is 20.8 Å². The van der Waals surface area contributed by atoms with E-state index in [1.165, 1.54) is 0 Å². The summed E-state index contributed by atoms with van der Waals surface area (Å²) >= 11 is 0. The second-order valence-electron chi connectivity index (χ2n) is 5.45. The number of carbonyl (C=O) groups excluding carboxylic acids is 1. The maximum atomic E-state index is 12.3. The van der Waals surface area contributed by atoms with E-state index in [9.17, 15) is 4.79 Å². The van der Waals surface area contributed by atoms with E-state index in [1.54, 1.807) is 27.2 Å². The summed E-state index contributed by atoms with van der Waals surface area (Å²) < 4.78 is 16.2. The van der Waals surface area contributed by atoms with Crippen molar-refractivity contribution >= 4 is 11.6 Å². The number of anilines is 1. The molecule has 0 fully saturated rings. The molecule has 1 N–H and O–H groups in total. The van der Waals surface area contributed by atoms with Crippen LogP contribution in [0.25, 0.3) is 0 Å². The molecule has 0 saturated heterocycles. The van der Waals surface area contributed by atoms with E-state index in [4.69, 9.17) is 14.2 Å². The molecule has 2 aromatic rings. The first-order chi connectivity index (χ1) is 11.5. The van der Waals surface area contributed by atoms with Crippen LogP contribution in [0.5, 0.6) is 11.5 Å². The topological polar surface area (TPSA) is 56.8 Å². The van der Waals surface area contributed by atoms with Crippen molar-refractivity contribution < 1.29 is 19.0 Å². The third-order valence-corrected chi connectivity index (χ3v) is 3.70. The zero-order chi connectivity index (χ0) is 17.5. The standard InChI is InChI=1S/C19H23NO4/c1-13-10-17(22-3)18(23-4)11-16(13)20-19(21)14(2)24-12-15-8-6-5-7-9-15/h5-11,14H,12H2,1-4H3,(H,20,21). The van der Waals surface area contributed by atoms with Gasteiger partial charge in [-0.05, 0) is 31.0 Å². The highest BCUT2D eigenvalue weighted by molar-refractivity contribution is 5.95. The second kappa shape index (κ2) is 8.36. The maximum absolute atomic E-state index is 12.3. The molecule has 0 radical (unpaired) electrons. The first kappa shape index (κ1) is 17.8. The van der Waals surface area contributed by atoms with Crippen LogP contribution in [-0.4, -0.2) is 26.2 Å². The quantitative estimate of drug-likeness (QED) is 0.844. The van der Waals surface area contributed by atoms with E-state index in [-0.39, 0.29) is 5.91 Å². The number of amides is 1. The molecule has 0 bridgehead atoms. The number of ether oxygens (including phenoxy) is 3. The highest BCUT2D eigenvalue weighted by Gasteiger charge is 2.16. The Morgan fingerprint density at radius 3 is 2.33 bits per heavy atom. The first-order valence-corrected chi connectivity index (χ1v) is 7.74. The molecule has 5 nitrogen and oxygen atoms in total. The second-order valence-corrected chi connectivity index (χ2v) is 5.45. The fourth-order valence-corrected chi connectivity index (χ4v) is 2.22. The van der Waals surface area contributed by atoms with Gasteiger partial charge in [0.15, 0.2) is 11.5 Å². The molecule has 0 heterocycles. The summed E-state index contributed by atoms with van der Waals surface area (Å²) in [4.78, 5) is 12.3. The Hall–Kier alpha value is -2.53. The van der Waals surface area contributed by atoms with Crippen molar-refractivity contribution in [1.82, 2.24) is 0 Å². The van der Waals surface area contributed by atoms with Crippen LogP contribution >= 0.6 is 0 Å². The van der Waals surface area contributed by atoms with Gasteiger partial charge in [0.2, 0.25) is 0 Å². The summed E-state index contributed by atoms with van der Waals surface area (Å²) in [6.07, 6.45) is -0.572. The molecule has 0 aliphatic carbocycles. The first-order valence-electron chi connectivity index (χ1n) is 7.74. The van der Waals surface area contributed by atoms with Crippen LogP contribution in [0.15, 0.2) is 42.5 Å². The Morgan fingerprint density at radius 1 is 1.08 bits per heavy atom. The van der Waals surface area contributed by atoms with Crippen LogP contribution in [0.3, 0.4) is 0 Å². The predicted octanol–water partition coefficient (Wildman–Crippen LogP) is 3.56. The summed E-state index contributed by atoms with van der Waals surface area (Å²) in [6.45, 7) is 4.02. The number of rotatable bonds is 7. The molecule has 0 saturated carbocycles. The Morgan fingerprint density at radius 2 is 1.71 bits per heavy atom. The number of hydrogen-bond acceptors (Lipinski definition) is 4. The lowest BCUT2D eigenvalue weighted by atomic mass is 10.1. The molecular formula is C19H23NO4. The molecule has 2 aromatic carbocycles. The molecule has 0 aromatic heterocycles. The molecule has 1 atom stereocenters. The number of hydrogen-bond donors (Lipinski definition) is 1. The van der Waals surface area contributed by atoms with Gasteiger partial charge >= 0.3 is 0 Å². The lowest BCUT2D eigenvalue weighted by molar-refractivity contribution is -0.127. The van der Waals surface area contributed by atoms with Crippen molar-refractivity contribution in [3.05, 3.63) is 53.6 Å². The van der Waals surface area contributed by atoms with Crippen LogP contribution in [0, 0.1) is 6.92 Å². The molecule has 1 unspecified atom stereocenters. The normalized spacial score (nSPS) is 11.7.